The lowest BCUT2D eigenvalue weighted by Gasteiger charge is -2.17. The van der Waals surface area contributed by atoms with Gasteiger partial charge in [-0.1, -0.05) is 0 Å². The number of carbonyl (C=O) groups is 4. The van der Waals surface area contributed by atoms with Gasteiger partial charge >= 0.3 is 23.9 Å². The van der Waals surface area contributed by atoms with Gasteiger partial charge in [-0.3, -0.25) is 19.7 Å². The Kier molecular flexibility index (Phi) is 6.37. The van der Waals surface area contributed by atoms with Crippen LogP contribution < -0.4 is 10.6 Å². The van der Waals surface area contributed by atoms with Crippen molar-refractivity contribution in [1.82, 2.24) is 5.32 Å². The Hall–Kier alpha value is -3.70. The van der Waals surface area contributed by atoms with Gasteiger partial charge in [-0.25, -0.2) is 9.59 Å². The average molecular weight is 355 g/mol. The molecule has 0 bridgehead atoms. The minimum Gasteiger partial charge on any atom is -0.481 e. The molecule has 0 heterocycles. The third-order valence-electron chi connectivity index (χ3n) is 3.01. The monoisotopic (exact) mass is 355 g/mol. The van der Waals surface area contributed by atoms with Crippen molar-refractivity contribution >= 4 is 35.3 Å². The Labute approximate surface area is 139 Å². The standard InChI is InChI=1S/C13H13N3O9/c17-10(18)8(11(19)20)5-9(12(21)22)15-13(23)14-6-1-3-7(4-2-6)16(24)25/h1-4,8-9H,5H2,(H,17,18)(H,19,20)(H,21,22)(H2,14,15,23). The molecule has 0 saturated carbocycles. The molecule has 1 rings (SSSR count). The van der Waals surface area contributed by atoms with E-state index in [9.17, 15) is 29.3 Å². The van der Waals surface area contributed by atoms with E-state index < -0.39 is 47.2 Å². The molecule has 0 fully saturated rings. The van der Waals surface area contributed by atoms with Gasteiger partial charge in [0.2, 0.25) is 0 Å². The number of nitrogens with zero attached hydrogens (tertiary/aromatic N) is 1. The normalized spacial score (nSPS) is 11.4. The summed E-state index contributed by atoms with van der Waals surface area (Å²) in [6, 6.07) is 1.80. The number of carboxylic acid groups (broad SMARTS) is 3. The van der Waals surface area contributed by atoms with E-state index in [4.69, 9.17) is 15.3 Å². The molecule has 2 amide bonds. The van der Waals surface area contributed by atoms with Crippen molar-refractivity contribution in [2.24, 2.45) is 5.92 Å². The number of non-ortho nitro benzene ring substituents is 1. The summed E-state index contributed by atoms with van der Waals surface area (Å²) in [6.45, 7) is 0. The highest BCUT2D eigenvalue weighted by molar-refractivity contribution is 5.95. The molecule has 12 heteroatoms. The number of benzene rings is 1. The second-order valence-electron chi connectivity index (χ2n) is 4.76. The highest BCUT2D eigenvalue weighted by atomic mass is 16.6. The summed E-state index contributed by atoms with van der Waals surface area (Å²) in [5.74, 6) is -7.11. The van der Waals surface area contributed by atoms with Crippen LogP contribution in [0.4, 0.5) is 16.2 Å². The quantitative estimate of drug-likeness (QED) is 0.248. The number of carbonyl (C=O) groups excluding carboxylic acids is 1. The lowest BCUT2D eigenvalue weighted by Crippen LogP contribution is -2.45. The minimum atomic E-state index is -2.01. The molecule has 1 atom stereocenters. The van der Waals surface area contributed by atoms with Crippen LogP contribution in [0, 0.1) is 16.0 Å². The molecule has 1 aromatic carbocycles. The van der Waals surface area contributed by atoms with Gasteiger partial charge in [0.1, 0.15) is 6.04 Å². The molecule has 0 radical (unpaired) electrons. The highest BCUT2D eigenvalue weighted by Crippen LogP contribution is 2.15. The summed E-state index contributed by atoms with van der Waals surface area (Å²) in [6.07, 6.45) is -0.867. The van der Waals surface area contributed by atoms with Gasteiger partial charge in [-0.15, -0.1) is 0 Å². The van der Waals surface area contributed by atoms with Gasteiger partial charge in [-0.05, 0) is 12.1 Å². The summed E-state index contributed by atoms with van der Waals surface area (Å²) >= 11 is 0. The number of aliphatic carboxylic acids is 3. The molecule has 0 aromatic heterocycles. The minimum absolute atomic E-state index is 0.111. The first-order chi connectivity index (χ1) is 11.6. The molecule has 25 heavy (non-hydrogen) atoms. The van der Waals surface area contributed by atoms with Crippen molar-refractivity contribution < 1.29 is 39.4 Å². The van der Waals surface area contributed by atoms with Crippen LogP contribution in [0.1, 0.15) is 6.42 Å². The second-order valence-corrected chi connectivity index (χ2v) is 4.76. The SMILES string of the molecule is O=C(Nc1ccc([N+](=O)[O-])cc1)NC(CC(C(=O)O)C(=O)O)C(=O)O. The largest absolute Gasteiger partial charge is 0.481 e. The summed E-state index contributed by atoms with van der Waals surface area (Å²) in [5, 5.41) is 41.1. The molecule has 1 aromatic rings. The van der Waals surface area contributed by atoms with Gasteiger partial charge in [0, 0.05) is 24.2 Å². The van der Waals surface area contributed by atoms with E-state index in [1.807, 2.05) is 5.32 Å². The Bertz CT molecular complexity index is 687. The number of amides is 2. The Morgan fingerprint density at radius 1 is 1.00 bits per heavy atom. The summed E-state index contributed by atoms with van der Waals surface area (Å²) in [4.78, 5) is 54.3. The number of rotatable bonds is 8. The zero-order valence-corrected chi connectivity index (χ0v) is 12.4. The molecule has 5 N–H and O–H groups in total. The van der Waals surface area contributed by atoms with Gasteiger partial charge in [0.05, 0.1) is 4.92 Å². The van der Waals surface area contributed by atoms with E-state index in [2.05, 4.69) is 5.32 Å². The van der Waals surface area contributed by atoms with Crippen LogP contribution >= 0.6 is 0 Å². The van der Waals surface area contributed by atoms with Crippen LogP contribution in [0.3, 0.4) is 0 Å². The number of nitrogens with one attached hydrogen (secondary N) is 2. The number of hydrogen-bond donors (Lipinski definition) is 5. The van der Waals surface area contributed by atoms with Crippen molar-refractivity contribution in [1.29, 1.82) is 0 Å². The van der Waals surface area contributed by atoms with Crippen LogP contribution in [0.15, 0.2) is 24.3 Å². The van der Waals surface area contributed by atoms with E-state index in [-0.39, 0.29) is 11.4 Å². The maximum Gasteiger partial charge on any atom is 0.326 e. The maximum absolute atomic E-state index is 11.8. The Morgan fingerprint density at radius 3 is 1.92 bits per heavy atom. The van der Waals surface area contributed by atoms with Crippen molar-refractivity contribution in [2.45, 2.75) is 12.5 Å². The fraction of sp³-hybridized carbons (Fsp3) is 0.231. The smallest absolute Gasteiger partial charge is 0.326 e. The zero-order chi connectivity index (χ0) is 19.1. The van der Waals surface area contributed by atoms with Crippen molar-refractivity contribution in [3.8, 4) is 0 Å². The third kappa shape index (κ3) is 5.78. The number of hydrogen-bond acceptors (Lipinski definition) is 6. The third-order valence-corrected chi connectivity index (χ3v) is 3.01. The molecule has 0 saturated heterocycles. The maximum atomic E-state index is 11.8. The van der Waals surface area contributed by atoms with Gasteiger partial charge in [-0.2, -0.15) is 0 Å². The lowest BCUT2D eigenvalue weighted by atomic mass is 10.0. The molecule has 1 unspecified atom stereocenters. The Balaban J connectivity index is 2.76. The first-order valence-corrected chi connectivity index (χ1v) is 6.62. The molecule has 0 spiro atoms. The summed E-state index contributed by atoms with van der Waals surface area (Å²) in [7, 11) is 0. The van der Waals surface area contributed by atoms with Gasteiger partial charge in [0.15, 0.2) is 5.92 Å². The highest BCUT2D eigenvalue weighted by Gasteiger charge is 2.33. The summed E-state index contributed by atoms with van der Waals surface area (Å²) in [5.41, 5.74) is -0.111. The number of nitro groups is 1. The molecule has 134 valence electrons. The Morgan fingerprint density at radius 2 is 1.52 bits per heavy atom. The molecular formula is C13H13N3O9. The van der Waals surface area contributed by atoms with E-state index in [1.165, 1.54) is 12.1 Å². The predicted molar refractivity (Wildman–Crippen MR) is 80.1 cm³/mol. The molecule has 0 aliphatic rings. The van der Waals surface area contributed by atoms with Gasteiger partial charge in [0.25, 0.3) is 5.69 Å². The van der Waals surface area contributed by atoms with Crippen LogP contribution in [0.2, 0.25) is 0 Å². The number of urea groups is 1. The first kappa shape index (κ1) is 19.3. The van der Waals surface area contributed by atoms with Crippen molar-refractivity contribution in [3.05, 3.63) is 34.4 Å². The fourth-order valence-electron chi connectivity index (χ4n) is 1.76. The van der Waals surface area contributed by atoms with Crippen LogP contribution in [-0.4, -0.2) is 50.2 Å². The topological polar surface area (TPSA) is 196 Å². The van der Waals surface area contributed by atoms with E-state index in [0.29, 0.717) is 0 Å². The average Bonchev–Trinajstić information content (AvgIpc) is 2.50. The van der Waals surface area contributed by atoms with E-state index in [0.717, 1.165) is 12.1 Å². The van der Waals surface area contributed by atoms with Crippen LogP contribution in [0.5, 0.6) is 0 Å². The van der Waals surface area contributed by atoms with Crippen LogP contribution in [0.25, 0.3) is 0 Å². The van der Waals surface area contributed by atoms with E-state index in [1.54, 1.807) is 0 Å². The van der Waals surface area contributed by atoms with E-state index >= 15 is 0 Å². The summed E-state index contributed by atoms with van der Waals surface area (Å²) < 4.78 is 0. The number of anilines is 1. The van der Waals surface area contributed by atoms with Crippen molar-refractivity contribution in [3.63, 3.8) is 0 Å². The fourth-order valence-corrected chi connectivity index (χ4v) is 1.76. The van der Waals surface area contributed by atoms with Gasteiger partial charge < -0.3 is 26.0 Å². The molecular weight excluding hydrogens is 342 g/mol. The number of carboxylic acids is 3. The predicted octanol–water partition coefficient (Wildman–Crippen LogP) is 0.345. The molecule has 12 nitrogen and oxygen atoms in total. The van der Waals surface area contributed by atoms with Crippen molar-refractivity contribution in [2.75, 3.05) is 5.32 Å². The zero-order valence-electron chi connectivity index (χ0n) is 12.4. The molecule has 0 aliphatic heterocycles. The van der Waals surface area contributed by atoms with Crippen LogP contribution in [-0.2, 0) is 14.4 Å². The first-order valence-electron chi connectivity index (χ1n) is 6.62. The number of nitro benzene ring substituents is 1. The second kappa shape index (κ2) is 8.24. The lowest BCUT2D eigenvalue weighted by molar-refractivity contribution is -0.384. The molecule has 0 aliphatic carbocycles.